The predicted octanol–water partition coefficient (Wildman–Crippen LogP) is 4.55. The van der Waals surface area contributed by atoms with Crippen molar-refractivity contribution in [2.45, 2.75) is 44.6 Å². The van der Waals surface area contributed by atoms with E-state index in [0.717, 1.165) is 17.5 Å². The van der Waals surface area contributed by atoms with Gasteiger partial charge in [-0.05, 0) is 48.1 Å². The van der Waals surface area contributed by atoms with E-state index in [0.29, 0.717) is 18.2 Å². The van der Waals surface area contributed by atoms with Crippen molar-refractivity contribution in [3.8, 4) is 0 Å². The van der Waals surface area contributed by atoms with Crippen LogP contribution in [0.3, 0.4) is 0 Å². The molecule has 1 heterocycles. The minimum Gasteiger partial charge on any atom is -0.276 e. The highest BCUT2D eigenvalue weighted by molar-refractivity contribution is 7.92. The summed E-state index contributed by atoms with van der Waals surface area (Å²) in [6, 6.07) is 15.1. The Balaban J connectivity index is 1.73. The molecular weight excluding hydrogens is 358 g/mol. The lowest BCUT2D eigenvalue weighted by Gasteiger charge is -2.10. The van der Waals surface area contributed by atoms with E-state index in [2.05, 4.69) is 23.7 Å². The minimum atomic E-state index is -3.63. The average Bonchev–Trinajstić information content (AvgIpc) is 3.09. The second-order valence-corrected chi connectivity index (χ2v) is 8.52. The number of hydrogen-bond donors (Lipinski definition) is 1. The molecule has 3 rings (SSSR count). The Kier molecular flexibility index (Phi) is 5.65. The van der Waals surface area contributed by atoms with Gasteiger partial charge in [-0.25, -0.2) is 8.42 Å². The summed E-state index contributed by atoms with van der Waals surface area (Å²) < 4.78 is 29.6. The molecule has 1 aromatic heterocycles. The Hall–Kier alpha value is -2.60. The summed E-state index contributed by atoms with van der Waals surface area (Å²) in [6.45, 7) is 6.89. The van der Waals surface area contributed by atoms with Crippen LogP contribution in [-0.2, 0) is 16.6 Å². The van der Waals surface area contributed by atoms with Crippen molar-refractivity contribution in [1.82, 2.24) is 9.78 Å². The summed E-state index contributed by atoms with van der Waals surface area (Å²) in [5.74, 6) is 0.411. The minimum absolute atomic E-state index is 0.251. The summed E-state index contributed by atoms with van der Waals surface area (Å²) in [5.41, 5.74) is 3.92. The number of hydrogen-bond acceptors (Lipinski definition) is 3. The normalized spacial score (nSPS) is 12.7. The number of aryl methyl sites for hydroxylation is 1. The molecule has 0 saturated heterocycles. The molecule has 0 spiro atoms. The molecule has 142 valence electrons. The van der Waals surface area contributed by atoms with Gasteiger partial charge in [0, 0.05) is 6.20 Å². The topological polar surface area (TPSA) is 64.0 Å². The van der Waals surface area contributed by atoms with Crippen LogP contribution in [0.4, 0.5) is 5.69 Å². The van der Waals surface area contributed by atoms with E-state index in [-0.39, 0.29) is 4.90 Å². The molecule has 0 aliphatic heterocycles. The summed E-state index contributed by atoms with van der Waals surface area (Å²) in [6.07, 6.45) is 4.26. The smallest absolute Gasteiger partial charge is 0.261 e. The lowest BCUT2D eigenvalue weighted by atomic mass is 9.99. The molecule has 0 aliphatic carbocycles. The Morgan fingerprint density at radius 3 is 2.48 bits per heavy atom. The number of rotatable bonds is 7. The van der Waals surface area contributed by atoms with Crippen molar-refractivity contribution >= 4 is 15.7 Å². The van der Waals surface area contributed by atoms with Crippen LogP contribution in [-0.4, -0.2) is 18.2 Å². The maximum absolute atomic E-state index is 12.6. The van der Waals surface area contributed by atoms with Crippen molar-refractivity contribution in [1.29, 1.82) is 0 Å². The first-order chi connectivity index (χ1) is 12.9. The van der Waals surface area contributed by atoms with Crippen LogP contribution in [0, 0.1) is 6.92 Å². The van der Waals surface area contributed by atoms with Gasteiger partial charge < -0.3 is 0 Å². The van der Waals surface area contributed by atoms with Crippen LogP contribution in [0.25, 0.3) is 0 Å². The Bertz CT molecular complexity index is 1010. The van der Waals surface area contributed by atoms with E-state index in [1.807, 2.05) is 43.3 Å². The van der Waals surface area contributed by atoms with Crippen LogP contribution in [0.2, 0.25) is 0 Å². The molecule has 1 unspecified atom stereocenters. The van der Waals surface area contributed by atoms with Crippen molar-refractivity contribution in [2.75, 3.05) is 4.72 Å². The average molecular weight is 384 g/mol. The number of aromatic nitrogens is 2. The lowest BCUT2D eigenvalue weighted by molar-refractivity contribution is 0.601. The maximum atomic E-state index is 12.6. The first-order valence-electron chi connectivity index (χ1n) is 9.09. The Morgan fingerprint density at radius 1 is 1.11 bits per heavy atom. The zero-order chi connectivity index (χ0) is 19.4. The second kappa shape index (κ2) is 7.96. The fourth-order valence-electron chi connectivity index (χ4n) is 2.89. The molecule has 0 amide bonds. The quantitative estimate of drug-likeness (QED) is 0.651. The fraction of sp³-hybridized carbons (Fsp3) is 0.286. The number of anilines is 1. The van der Waals surface area contributed by atoms with Gasteiger partial charge in [0.25, 0.3) is 10.0 Å². The summed E-state index contributed by atoms with van der Waals surface area (Å²) in [5, 5.41) is 4.27. The number of sulfonamides is 1. The van der Waals surface area contributed by atoms with E-state index >= 15 is 0 Å². The van der Waals surface area contributed by atoms with E-state index in [4.69, 9.17) is 0 Å². The molecule has 1 atom stereocenters. The zero-order valence-electron chi connectivity index (χ0n) is 15.9. The van der Waals surface area contributed by atoms with Crippen molar-refractivity contribution in [3.63, 3.8) is 0 Å². The maximum Gasteiger partial charge on any atom is 0.261 e. The van der Waals surface area contributed by atoms with E-state index < -0.39 is 10.0 Å². The van der Waals surface area contributed by atoms with Gasteiger partial charge >= 0.3 is 0 Å². The fourth-order valence-corrected chi connectivity index (χ4v) is 3.92. The molecule has 2 aromatic carbocycles. The van der Waals surface area contributed by atoms with Crippen molar-refractivity contribution in [3.05, 3.63) is 77.6 Å². The van der Waals surface area contributed by atoms with Gasteiger partial charge in [-0.15, -0.1) is 0 Å². The molecule has 5 nitrogen and oxygen atoms in total. The van der Waals surface area contributed by atoms with E-state index in [1.165, 1.54) is 11.8 Å². The second-order valence-electron chi connectivity index (χ2n) is 6.84. The molecule has 3 aromatic rings. The third kappa shape index (κ3) is 4.57. The molecule has 0 aliphatic rings. The molecule has 0 bridgehead atoms. The molecule has 0 fully saturated rings. The Labute approximate surface area is 161 Å². The molecule has 1 N–H and O–H groups in total. The van der Waals surface area contributed by atoms with Gasteiger partial charge in [0.15, 0.2) is 0 Å². The summed E-state index contributed by atoms with van der Waals surface area (Å²) >= 11 is 0. The standard InChI is InChI=1S/C21H25N3O2S/c1-4-16(2)18-9-11-21(12-10-18)27(25,26)23-20-13-22-24(15-20)14-19-8-6-5-7-17(19)3/h5-13,15-16,23H,4,14H2,1-3H3. The SMILES string of the molecule is CCC(C)c1ccc(S(=O)(=O)Nc2cnn(Cc3ccccc3C)c2)cc1. The zero-order valence-corrected chi connectivity index (χ0v) is 16.7. The van der Waals surface area contributed by atoms with Gasteiger partial charge in [-0.1, -0.05) is 50.2 Å². The van der Waals surface area contributed by atoms with Crippen molar-refractivity contribution < 1.29 is 8.42 Å². The van der Waals surface area contributed by atoms with Crippen LogP contribution < -0.4 is 4.72 Å². The molecule has 6 heteroatoms. The van der Waals surface area contributed by atoms with Crippen LogP contribution in [0.1, 0.15) is 42.9 Å². The third-order valence-electron chi connectivity index (χ3n) is 4.85. The highest BCUT2D eigenvalue weighted by Crippen LogP contribution is 2.22. The molecule has 27 heavy (non-hydrogen) atoms. The number of nitrogens with one attached hydrogen (secondary N) is 1. The third-order valence-corrected chi connectivity index (χ3v) is 6.25. The largest absolute Gasteiger partial charge is 0.276 e. The number of nitrogens with zero attached hydrogens (tertiary/aromatic N) is 2. The first kappa shape index (κ1) is 19.2. The Morgan fingerprint density at radius 2 is 1.81 bits per heavy atom. The lowest BCUT2D eigenvalue weighted by Crippen LogP contribution is -2.12. The highest BCUT2D eigenvalue weighted by Gasteiger charge is 2.16. The van der Waals surface area contributed by atoms with E-state index in [1.54, 1.807) is 23.0 Å². The molecule has 0 saturated carbocycles. The van der Waals surface area contributed by atoms with E-state index in [9.17, 15) is 8.42 Å². The van der Waals surface area contributed by atoms with Gasteiger partial charge in [0.1, 0.15) is 0 Å². The van der Waals surface area contributed by atoms with Gasteiger partial charge in [0.05, 0.1) is 23.3 Å². The molecular formula is C21H25N3O2S. The monoisotopic (exact) mass is 383 g/mol. The highest BCUT2D eigenvalue weighted by atomic mass is 32.2. The first-order valence-corrected chi connectivity index (χ1v) is 10.6. The number of benzene rings is 2. The predicted molar refractivity (Wildman–Crippen MR) is 108 cm³/mol. The van der Waals surface area contributed by atoms with Gasteiger partial charge in [-0.2, -0.15) is 5.10 Å². The summed E-state index contributed by atoms with van der Waals surface area (Å²) in [7, 11) is -3.63. The summed E-state index contributed by atoms with van der Waals surface area (Å²) in [4.78, 5) is 0.251. The van der Waals surface area contributed by atoms with Crippen LogP contribution in [0.15, 0.2) is 65.8 Å². The van der Waals surface area contributed by atoms with Crippen LogP contribution >= 0.6 is 0 Å². The molecule has 0 radical (unpaired) electrons. The van der Waals surface area contributed by atoms with Gasteiger partial charge in [0.2, 0.25) is 0 Å². The van der Waals surface area contributed by atoms with Crippen molar-refractivity contribution in [2.24, 2.45) is 0 Å². The van der Waals surface area contributed by atoms with Gasteiger partial charge in [-0.3, -0.25) is 9.40 Å². The van der Waals surface area contributed by atoms with Crippen LogP contribution in [0.5, 0.6) is 0 Å².